The molecule has 1 aromatic carbocycles. The van der Waals surface area contributed by atoms with Gasteiger partial charge in [-0.15, -0.1) is 0 Å². The number of carbonyl (C=O) groups is 2. The number of aliphatic hydroxyl groups excluding tert-OH is 1. The number of carbonyl (C=O) groups excluding carboxylic acids is 2. The van der Waals surface area contributed by atoms with Crippen LogP contribution in [0.3, 0.4) is 0 Å². The van der Waals surface area contributed by atoms with Crippen LogP contribution in [0.25, 0.3) is 22.4 Å². The Morgan fingerprint density at radius 2 is 1.97 bits per heavy atom. The van der Waals surface area contributed by atoms with E-state index in [2.05, 4.69) is 38.2 Å². The third kappa shape index (κ3) is 5.76. The number of urea groups is 1. The number of rotatable bonds is 8. The van der Waals surface area contributed by atoms with E-state index < -0.39 is 24.6 Å². The fourth-order valence-electron chi connectivity index (χ4n) is 3.17. The number of anilines is 1. The van der Waals surface area contributed by atoms with Crippen molar-refractivity contribution in [1.82, 2.24) is 30.0 Å². The fourth-order valence-corrected chi connectivity index (χ4v) is 3.36. The summed E-state index contributed by atoms with van der Waals surface area (Å²) in [5.41, 5.74) is 8.63. The molecular formula is C23H24N8O4S. The molecule has 4 rings (SSSR count). The number of fused-ring (bicyclic) bond motifs is 1. The third-order valence-corrected chi connectivity index (χ3v) is 5.43. The SMILES string of the molecule is CCNC(=O)N(S)c1ccc2ncc(-c3cnn(Cc4ccc(OC(=O)C(N)CO)cc4)c3)nc2n1. The summed E-state index contributed by atoms with van der Waals surface area (Å²) in [4.78, 5) is 37.1. The third-order valence-electron chi connectivity index (χ3n) is 5.04. The van der Waals surface area contributed by atoms with Crippen LogP contribution in [0.1, 0.15) is 12.5 Å². The van der Waals surface area contributed by atoms with Crippen LogP contribution in [0.5, 0.6) is 5.75 Å². The van der Waals surface area contributed by atoms with Gasteiger partial charge < -0.3 is 20.9 Å². The Hall–Kier alpha value is -4.07. The Balaban J connectivity index is 1.47. The Labute approximate surface area is 211 Å². The van der Waals surface area contributed by atoms with E-state index in [0.717, 1.165) is 15.4 Å². The molecule has 0 bridgehead atoms. The molecule has 0 saturated heterocycles. The molecule has 13 heteroatoms. The van der Waals surface area contributed by atoms with Crippen molar-refractivity contribution in [3.05, 3.63) is 60.6 Å². The minimum atomic E-state index is -1.08. The normalized spacial score (nSPS) is 11.8. The Morgan fingerprint density at radius 3 is 2.69 bits per heavy atom. The second-order valence-corrected chi connectivity index (χ2v) is 8.10. The highest BCUT2D eigenvalue weighted by molar-refractivity contribution is 7.82. The van der Waals surface area contributed by atoms with Crippen LogP contribution in [-0.2, 0) is 11.3 Å². The lowest BCUT2D eigenvalue weighted by Gasteiger charge is -2.14. The molecule has 3 aromatic heterocycles. The molecule has 4 N–H and O–H groups in total. The van der Waals surface area contributed by atoms with Crippen molar-refractivity contribution in [3.8, 4) is 17.0 Å². The summed E-state index contributed by atoms with van der Waals surface area (Å²) in [5, 5.41) is 16.0. The van der Waals surface area contributed by atoms with Crippen molar-refractivity contribution >= 4 is 41.8 Å². The van der Waals surface area contributed by atoms with E-state index in [1.807, 2.05) is 13.1 Å². The molecule has 2 amide bonds. The van der Waals surface area contributed by atoms with E-state index >= 15 is 0 Å². The van der Waals surface area contributed by atoms with Crippen LogP contribution in [0, 0.1) is 0 Å². The van der Waals surface area contributed by atoms with Gasteiger partial charge in [-0.05, 0) is 36.8 Å². The summed E-state index contributed by atoms with van der Waals surface area (Å²) in [6, 6.07) is 8.78. The standard InChI is InChI=1S/C23H24N8O4S/c1-2-25-23(34)31(36)20-8-7-18-21(29-20)28-19(10-26-18)15-9-27-30(12-15)11-14-3-5-16(6-4-14)35-22(33)17(24)13-32/h3-10,12,17,32,36H,2,11,13,24H2,1H3,(H,25,34). The molecule has 0 saturated carbocycles. The van der Waals surface area contributed by atoms with Gasteiger partial charge in [0.15, 0.2) is 5.65 Å². The molecule has 36 heavy (non-hydrogen) atoms. The minimum Gasteiger partial charge on any atom is -0.425 e. The van der Waals surface area contributed by atoms with Gasteiger partial charge in [-0.1, -0.05) is 24.9 Å². The minimum absolute atomic E-state index is 0.325. The molecule has 0 spiro atoms. The summed E-state index contributed by atoms with van der Waals surface area (Å²) in [6.45, 7) is 2.26. The highest BCUT2D eigenvalue weighted by atomic mass is 32.1. The maximum Gasteiger partial charge on any atom is 0.333 e. The maximum absolute atomic E-state index is 12.0. The number of nitrogens with two attached hydrogens (primary N) is 1. The first-order valence-electron chi connectivity index (χ1n) is 11.0. The Kier molecular flexibility index (Phi) is 7.73. The van der Waals surface area contributed by atoms with E-state index in [1.54, 1.807) is 53.5 Å². The molecule has 3 heterocycles. The maximum atomic E-state index is 12.0. The first kappa shape index (κ1) is 25.0. The molecule has 0 radical (unpaired) electrons. The summed E-state index contributed by atoms with van der Waals surface area (Å²) in [6.07, 6.45) is 5.13. The zero-order valence-corrected chi connectivity index (χ0v) is 20.2. The monoisotopic (exact) mass is 508 g/mol. The lowest BCUT2D eigenvalue weighted by atomic mass is 10.2. The van der Waals surface area contributed by atoms with Gasteiger partial charge in [-0.2, -0.15) is 5.10 Å². The van der Waals surface area contributed by atoms with Crippen molar-refractivity contribution < 1.29 is 19.4 Å². The van der Waals surface area contributed by atoms with Gasteiger partial charge in [0, 0.05) is 18.3 Å². The van der Waals surface area contributed by atoms with E-state index in [9.17, 15) is 9.59 Å². The highest BCUT2D eigenvalue weighted by Gasteiger charge is 2.15. The second-order valence-electron chi connectivity index (χ2n) is 7.70. The smallest absolute Gasteiger partial charge is 0.333 e. The summed E-state index contributed by atoms with van der Waals surface area (Å²) in [7, 11) is 0. The molecule has 1 atom stereocenters. The van der Waals surface area contributed by atoms with Crippen LogP contribution in [-0.4, -0.2) is 61.0 Å². The summed E-state index contributed by atoms with van der Waals surface area (Å²) in [5.74, 6) is -0.0446. The molecule has 1 unspecified atom stereocenters. The van der Waals surface area contributed by atoms with Gasteiger partial charge in [0.25, 0.3) is 0 Å². The molecule has 4 aromatic rings. The molecule has 0 aliphatic heterocycles. The fraction of sp³-hybridized carbons (Fsp3) is 0.217. The molecule has 0 aliphatic carbocycles. The van der Waals surface area contributed by atoms with Crippen LogP contribution < -0.4 is 20.1 Å². The number of ether oxygens (including phenoxy) is 1. The van der Waals surface area contributed by atoms with Crippen molar-refractivity contribution in [2.75, 3.05) is 17.5 Å². The average Bonchev–Trinajstić information content (AvgIpc) is 3.36. The van der Waals surface area contributed by atoms with Gasteiger partial charge in [0.1, 0.15) is 23.1 Å². The number of nitrogens with zero attached hydrogens (tertiary/aromatic N) is 6. The second kappa shape index (κ2) is 11.1. The molecule has 0 aliphatic rings. The molecular weight excluding hydrogens is 484 g/mol. The number of hydrogen-bond acceptors (Lipinski definition) is 10. The number of aromatic nitrogens is 5. The molecule has 186 valence electrons. The number of nitrogens with one attached hydrogen (secondary N) is 1. The zero-order valence-electron chi connectivity index (χ0n) is 19.3. The summed E-state index contributed by atoms with van der Waals surface area (Å²) < 4.78 is 7.97. The van der Waals surface area contributed by atoms with E-state index in [-0.39, 0.29) is 0 Å². The van der Waals surface area contributed by atoms with Crippen molar-refractivity contribution in [2.45, 2.75) is 19.5 Å². The number of esters is 1. The van der Waals surface area contributed by atoms with Gasteiger partial charge in [0.2, 0.25) is 0 Å². The van der Waals surface area contributed by atoms with Crippen LogP contribution in [0.4, 0.5) is 10.6 Å². The largest absolute Gasteiger partial charge is 0.425 e. The van der Waals surface area contributed by atoms with Crippen LogP contribution in [0.15, 0.2) is 55.0 Å². The van der Waals surface area contributed by atoms with Crippen LogP contribution in [0.2, 0.25) is 0 Å². The number of hydrogen-bond donors (Lipinski definition) is 4. The van der Waals surface area contributed by atoms with Gasteiger partial charge in [-0.3, -0.25) is 9.67 Å². The van der Waals surface area contributed by atoms with E-state index in [0.29, 0.717) is 41.5 Å². The number of amides is 2. The average molecular weight is 509 g/mol. The van der Waals surface area contributed by atoms with Crippen molar-refractivity contribution in [2.24, 2.45) is 5.73 Å². The number of thiol groups is 1. The van der Waals surface area contributed by atoms with E-state index in [1.165, 1.54) is 0 Å². The number of aliphatic hydroxyl groups is 1. The van der Waals surface area contributed by atoms with Gasteiger partial charge in [-0.25, -0.2) is 23.9 Å². The lowest BCUT2D eigenvalue weighted by Crippen LogP contribution is -2.37. The van der Waals surface area contributed by atoms with Gasteiger partial charge in [0.05, 0.1) is 31.2 Å². The molecule has 0 fully saturated rings. The highest BCUT2D eigenvalue weighted by Crippen LogP contribution is 2.22. The lowest BCUT2D eigenvalue weighted by molar-refractivity contribution is -0.136. The zero-order chi connectivity index (χ0) is 25.7. The summed E-state index contributed by atoms with van der Waals surface area (Å²) >= 11 is 4.21. The van der Waals surface area contributed by atoms with Crippen molar-refractivity contribution in [1.29, 1.82) is 0 Å². The predicted octanol–water partition coefficient (Wildman–Crippen LogP) is 1.54. The molecule has 12 nitrogen and oxygen atoms in total. The van der Waals surface area contributed by atoms with E-state index in [4.69, 9.17) is 15.6 Å². The topological polar surface area (TPSA) is 161 Å². The Morgan fingerprint density at radius 1 is 1.19 bits per heavy atom. The van der Waals surface area contributed by atoms with Gasteiger partial charge >= 0.3 is 12.0 Å². The first-order valence-corrected chi connectivity index (χ1v) is 11.4. The predicted molar refractivity (Wildman–Crippen MR) is 135 cm³/mol. The van der Waals surface area contributed by atoms with Crippen LogP contribution >= 0.6 is 12.8 Å². The van der Waals surface area contributed by atoms with Crippen molar-refractivity contribution in [3.63, 3.8) is 0 Å². The Bertz CT molecular complexity index is 1380. The number of pyridine rings is 1. The number of benzene rings is 1. The first-order chi connectivity index (χ1) is 17.4. The quantitative estimate of drug-likeness (QED) is 0.157.